The minimum absolute atomic E-state index is 0.0240. The highest BCUT2D eigenvalue weighted by atomic mass is 16.5. The molecule has 0 aromatic heterocycles. The highest BCUT2D eigenvalue weighted by Crippen LogP contribution is 2.50. The van der Waals surface area contributed by atoms with Gasteiger partial charge in [0.25, 0.3) is 0 Å². The van der Waals surface area contributed by atoms with Gasteiger partial charge < -0.3 is 19.4 Å². The lowest BCUT2D eigenvalue weighted by molar-refractivity contribution is -0.156. The van der Waals surface area contributed by atoms with Crippen molar-refractivity contribution in [3.05, 3.63) is 65.7 Å². The molecule has 3 amide bonds. The normalized spacial score (nSPS) is 22.0. The maximum atomic E-state index is 13.6. The predicted molar refractivity (Wildman–Crippen MR) is 122 cm³/mol. The van der Waals surface area contributed by atoms with Crippen LogP contribution in [0.25, 0.3) is 0 Å². The van der Waals surface area contributed by atoms with Crippen LogP contribution in [0.5, 0.6) is 5.75 Å². The number of piperazine rings is 1. The summed E-state index contributed by atoms with van der Waals surface area (Å²) >= 11 is 0. The number of hydrogen-bond donors (Lipinski definition) is 0. The molecule has 7 nitrogen and oxygen atoms in total. The summed E-state index contributed by atoms with van der Waals surface area (Å²) in [6, 6.07) is 17.0. The zero-order valence-corrected chi connectivity index (χ0v) is 18.9. The van der Waals surface area contributed by atoms with E-state index < -0.39 is 11.5 Å². The van der Waals surface area contributed by atoms with Crippen LogP contribution in [0, 0.1) is 0 Å². The Bertz CT molecular complexity index is 1050. The summed E-state index contributed by atoms with van der Waals surface area (Å²) in [7, 11) is 1.63. The Kier molecular flexibility index (Phi) is 5.56. The Balaban J connectivity index is 1.29. The molecule has 1 unspecified atom stereocenters. The van der Waals surface area contributed by atoms with Crippen LogP contribution in [0.1, 0.15) is 30.4 Å². The summed E-state index contributed by atoms with van der Waals surface area (Å²) < 4.78 is 5.25. The molecule has 0 radical (unpaired) electrons. The molecule has 1 aliphatic carbocycles. The zero-order chi connectivity index (χ0) is 23.0. The number of fused-ring (bicyclic) bond motifs is 1. The SMILES string of the molecule is COc1ccc(C2(C(=O)N3CCC4C(=O)N(Cc5ccccc5)CC(=O)N4CC3)CC2)cc1. The maximum absolute atomic E-state index is 13.6. The van der Waals surface area contributed by atoms with Crippen LogP contribution in [0.15, 0.2) is 54.6 Å². The number of rotatable bonds is 5. The molecule has 5 rings (SSSR count). The number of benzene rings is 2. The number of nitrogens with zero attached hydrogens (tertiary/aromatic N) is 3. The van der Waals surface area contributed by atoms with Gasteiger partial charge in [-0.25, -0.2) is 0 Å². The van der Waals surface area contributed by atoms with E-state index in [-0.39, 0.29) is 24.3 Å². The van der Waals surface area contributed by atoms with Crippen LogP contribution < -0.4 is 4.74 Å². The molecule has 3 fully saturated rings. The summed E-state index contributed by atoms with van der Waals surface area (Å²) in [5.41, 5.74) is 1.54. The largest absolute Gasteiger partial charge is 0.497 e. The van der Waals surface area contributed by atoms with Crippen LogP contribution >= 0.6 is 0 Å². The Morgan fingerprint density at radius 3 is 2.39 bits per heavy atom. The van der Waals surface area contributed by atoms with Crippen molar-refractivity contribution in [2.45, 2.75) is 37.3 Å². The second-order valence-corrected chi connectivity index (χ2v) is 9.17. The van der Waals surface area contributed by atoms with Gasteiger partial charge in [0, 0.05) is 26.2 Å². The molecule has 2 heterocycles. The molecule has 1 atom stereocenters. The molecule has 2 aromatic carbocycles. The van der Waals surface area contributed by atoms with E-state index in [1.807, 2.05) is 59.5 Å². The fraction of sp³-hybridized carbons (Fsp3) is 0.423. The standard InChI is InChI=1S/C26H29N3O4/c1-33-21-9-7-20(8-10-21)26(12-13-26)25(32)27-14-11-22-24(31)28(17-19-5-3-2-4-6-19)18-23(30)29(22)16-15-27/h2-10,22H,11-18H2,1H3. The van der Waals surface area contributed by atoms with E-state index in [2.05, 4.69) is 0 Å². The quantitative estimate of drug-likeness (QED) is 0.705. The predicted octanol–water partition coefficient (Wildman–Crippen LogP) is 2.20. The fourth-order valence-corrected chi connectivity index (χ4v) is 5.13. The monoisotopic (exact) mass is 447 g/mol. The van der Waals surface area contributed by atoms with E-state index >= 15 is 0 Å². The highest BCUT2D eigenvalue weighted by molar-refractivity contribution is 5.95. The summed E-state index contributed by atoms with van der Waals surface area (Å²) in [6.45, 7) is 1.87. The van der Waals surface area contributed by atoms with E-state index in [9.17, 15) is 14.4 Å². The van der Waals surface area contributed by atoms with Crippen LogP contribution in [-0.2, 0) is 26.3 Å². The Labute approximate surface area is 193 Å². The van der Waals surface area contributed by atoms with E-state index in [4.69, 9.17) is 4.74 Å². The first-order chi connectivity index (χ1) is 16.0. The number of methoxy groups -OCH3 is 1. The lowest BCUT2D eigenvalue weighted by atomic mass is 9.94. The van der Waals surface area contributed by atoms with Crippen molar-refractivity contribution in [3.63, 3.8) is 0 Å². The molecule has 2 aromatic rings. The first-order valence-corrected chi connectivity index (χ1v) is 11.6. The third-order valence-electron chi connectivity index (χ3n) is 7.21. The molecular weight excluding hydrogens is 418 g/mol. The van der Waals surface area contributed by atoms with Gasteiger partial charge in [0.2, 0.25) is 17.7 Å². The van der Waals surface area contributed by atoms with Gasteiger partial charge in [0.15, 0.2) is 0 Å². The Morgan fingerprint density at radius 2 is 1.73 bits per heavy atom. The first-order valence-electron chi connectivity index (χ1n) is 11.6. The summed E-state index contributed by atoms with van der Waals surface area (Å²) in [6.07, 6.45) is 2.12. The van der Waals surface area contributed by atoms with Gasteiger partial charge in [-0.2, -0.15) is 0 Å². The topological polar surface area (TPSA) is 70.2 Å². The fourth-order valence-electron chi connectivity index (χ4n) is 5.13. The zero-order valence-electron chi connectivity index (χ0n) is 18.9. The maximum Gasteiger partial charge on any atom is 0.246 e. The number of hydrogen-bond acceptors (Lipinski definition) is 4. The van der Waals surface area contributed by atoms with Gasteiger partial charge in [-0.15, -0.1) is 0 Å². The Morgan fingerprint density at radius 1 is 1.00 bits per heavy atom. The van der Waals surface area contributed by atoms with Crippen molar-refractivity contribution in [1.29, 1.82) is 0 Å². The molecule has 7 heteroatoms. The minimum Gasteiger partial charge on any atom is -0.497 e. The van der Waals surface area contributed by atoms with E-state index in [1.54, 1.807) is 16.9 Å². The lowest BCUT2D eigenvalue weighted by Crippen LogP contribution is -2.59. The molecule has 2 saturated heterocycles. The van der Waals surface area contributed by atoms with E-state index in [1.165, 1.54) is 0 Å². The number of carbonyl (C=O) groups is 3. The van der Waals surface area contributed by atoms with Gasteiger partial charge in [0.05, 0.1) is 12.5 Å². The third-order valence-corrected chi connectivity index (χ3v) is 7.21. The van der Waals surface area contributed by atoms with Gasteiger partial charge in [-0.3, -0.25) is 14.4 Å². The minimum atomic E-state index is -0.496. The second kappa shape index (κ2) is 8.54. The first kappa shape index (κ1) is 21.5. The number of ether oxygens (including phenoxy) is 1. The van der Waals surface area contributed by atoms with Crippen LogP contribution in [-0.4, -0.2) is 71.8 Å². The molecule has 33 heavy (non-hydrogen) atoms. The molecular formula is C26H29N3O4. The van der Waals surface area contributed by atoms with E-state index in [0.717, 1.165) is 29.7 Å². The molecule has 172 valence electrons. The summed E-state index contributed by atoms with van der Waals surface area (Å²) in [5.74, 6) is 0.810. The number of amides is 3. The van der Waals surface area contributed by atoms with Crippen LogP contribution in [0.2, 0.25) is 0 Å². The van der Waals surface area contributed by atoms with E-state index in [0.29, 0.717) is 32.6 Å². The number of carbonyl (C=O) groups excluding carboxylic acids is 3. The third kappa shape index (κ3) is 3.96. The van der Waals surface area contributed by atoms with Crippen molar-refractivity contribution in [1.82, 2.24) is 14.7 Å². The van der Waals surface area contributed by atoms with Gasteiger partial charge in [-0.05, 0) is 42.5 Å². The molecule has 0 spiro atoms. The molecule has 0 N–H and O–H groups in total. The average molecular weight is 448 g/mol. The van der Waals surface area contributed by atoms with Crippen molar-refractivity contribution in [2.24, 2.45) is 0 Å². The summed E-state index contributed by atoms with van der Waals surface area (Å²) in [5, 5.41) is 0. The molecule has 3 aliphatic rings. The average Bonchev–Trinajstić information content (AvgIpc) is 3.67. The lowest BCUT2D eigenvalue weighted by Gasteiger charge is -2.39. The van der Waals surface area contributed by atoms with Crippen molar-refractivity contribution in [3.8, 4) is 5.75 Å². The van der Waals surface area contributed by atoms with Crippen LogP contribution in [0.4, 0.5) is 0 Å². The Hall–Kier alpha value is -3.35. The molecule has 1 saturated carbocycles. The second-order valence-electron chi connectivity index (χ2n) is 9.17. The smallest absolute Gasteiger partial charge is 0.246 e. The molecule has 2 aliphatic heterocycles. The van der Waals surface area contributed by atoms with Crippen molar-refractivity contribution < 1.29 is 19.1 Å². The van der Waals surface area contributed by atoms with Gasteiger partial charge in [0.1, 0.15) is 18.3 Å². The summed E-state index contributed by atoms with van der Waals surface area (Å²) in [4.78, 5) is 44.9. The highest BCUT2D eigenvalue weighted by Gasteiger charge is 2.53. The van der Waals surface area contributed by atoms with Crippen molar-refractivity contribution in [2.75, 3.05) is 33.3 Å². The molecule has 0 bridgehead atoms. The van der Waals surface area contributed by atoms with Gasteiger partial charge >= 0.3 is 0 Å². The van der Waals surface area contributed by atoms with Crippen LogP contribution in [0.3, 0.4) is 0 Å². The van der Waals surface area contributed by atoms with Crippen molar-refractivity contribution >= 4 is 17.7 Å². The van der Waals surface area contributed by atoms with Gasteiger partial charge in [-0.1, -0.05) is 42.5 Å².